The van der Waals surface area contributed by atoms with E-state index in [2.05, 4.69) is 139 Å². The minimum absolute atomic E-state index is 0.139. The fourth-order valence-electron chi connectivity index (χ4n) is 4.66. The third kappa shape index (κ3) is 6.08. The summed E-state index contributed by atoms with van der Waals surface area (Å²) in [5.74, 6) is 0. The van der Waals surface area contributed by atoms with Crippen molar-refractivity contribution in [3.8, 4) is 0 Å². The highest BCUT2D eigenvalue weighted by molar-refractivity contribution is 5.95. The number of hydrogen-bond acceptors (Lipinski definition) is 0. The van der Waals surface area contributed by atoms with Crippen molar-refractivity contribution in [1.82, 2.24) is 0 Å². The van der Waals surface area contributed by atoms with Gasteiger partial charge in [0.05, 0.1) is 0 Å². The van der Waals surface area contributed by atoms with E-state index < -0.39 is 0 Å². The third-order valence-corrected chi connectivity index (χ3v) is 6.12. The molecule has 0 radical (unpaired) electrons. The SMILES string of the molecule is C=C\C=C/C(=C\C=C)C(=C1C(/C=C\C)=C(/C=C\C)C(C)(C)c2ccccc2/1)/C(/C=C\C)=C/C=C\C. The van der Waals surface area contributed by atoms with Crippen molar-refractivity contribution in [2.45, 2.75) is 47.0 Å². The van der Waals surface area contributed by atoms with Crippen molar-refractivity contribution >= 4 is 5.57 Å². The zero-order chi connectivity index (χ0) is 25.8. The van der Waals surface area contributed by atoms with Crippen molar-refractivity contribution in [3.05, 3.63) is 161 Å². The average Bonchev–Trinajstić information content (AvgIpc) is 2.85. The Balaban J connectivity index is 3.33. The molecule has 1 aliphatic carbocycles. The smallest absolute Gasteiger partial charge is 0.0158 e. The first kappa shape index (κ1) is 27.6. The van der Waals surface area contributed by atoms with Gasteiger partial charge < -0.3 is 0 Å². The summed E-state index contributed by atoms with van der Waals surface area (Å²) < 4.78 is 0. The minimum Gasteiger partial charge on any atom is -0.0991 e. The Morgan fingerprint density at radius 2 is 1.43 bits per heavy atom. The zero-order valence-corrected chi connectivity index (χ0v) is 22.3. The monoisotopic (exact) mass is 460 g/mol. The summed E-state index contributed by atoms with van der Waals surface area (Å²) in [5.41, 5.74) is 9.59. The molecular formula is C35H40. The van der Waals surface area contributed by atoms with Crippen LogP contribution in [0.1, 0.15) is 52.7 Å². The standard InChI is InChI=1S/C35H40/c1-9-15-23-27(19-11-3)33(28(20-12-4)24-16-10-2)34-29(21-13-5)31(22-14-6)35(7,8)32-26-18-17-25-30(32)34/h9-26H,1,3H2,2,4-8H3/b16-10-,20-12-,21-13-,22-14-,23-15-,27-19+,28-24+,34-33+. The highest BCUT2D eigenvalue weighted by atomic mass is 14.4. The molecular weight excluding hydrogens is 420 g/mol. The second-order valence-corrected chi connectivity index (χ2v) is 8.85. The molecule has 0 amide bonds. The van der Waals surface area contributed by atoms with Crippen LogP contribution in [0, 0.1) is 0 Å². The van der Waals surface area contributed by atoms with Gasteiger partial charge in [0, 0.05) is 5.41 Å². The lowest BCUT2D eigenvalue weighted by Gasteiger charge is -2.38. The summed E-state index contributed by atoms with van der Waals surface area (Å²) >= 11 is 0. The van der Waals surface area contributed by atoms with Crippen LogP contribution in [-0.2, 0) is 5.41 Å². The zero-order valence-electron chi connectivity index (χ0n) is 22.3. The van der Waals surface area contributed by atoms with Crippen LogP contribution in [0.5, 0.6) is 0 Å². The van der Waals surface area contributed by atoms with Crippen molar-refractivity contribution in [2.24, 2.45) is 0 Å². The summed E-state index contributed by atoms with van der Waals surface area (Å²) in [6.07, 6.45) is 29.3. The van der Waals surface area contributed by atoms with Gasteiger partial charge in [0.15, 0.2) is 0 Å². The van der Waals surface area contributed by atoms with Gasteiger partial charge in [-0.25, -0.2) is 0 Å². The minimum atomic E-state index is -0.139. The van der Waals surface area contributed by atoms with E-state index in [0.717, 1.165) is 16.7 Å². The molecule has 0 aliphatic heterocycles. The van der Waals surface area contributed by atoms with Gasteiger partial charge in [-0.05, 0) is 72.3 Å². The summed E-state index contributed by atoms with van der Waals surface area (Å²) in [7, 11) is 0. The van der Waals surface area contributed by atoms with E-state index in [1.54, 1.807) is 0 Å². The maximum Gasteiger partial charge on any atom is 0.0158 e. The highest BCUT2D eigenvalue weighted by Crippen LogP contribution is 2.50. The van der Waals surface area contributed by atoms with Gasteiger partial charge in [-0.3, -0.25) is 0 Å². The lowest BCUT2D eigenvalue weighted by Crippen LogP contribution is -2.27. The summed E-state index contributed by atoms with van der Waals surface area (Å²) in [6, 6.07) is 8.81. The summed E-state index contributed by atoms with van der Waals surface area (Å²) in [5, 5.41) is 0. The molecule has 0 heteroatoms. The molecule has 0 atom stereocenters. The number of hydrogen-bond donors (Lipinski definition) is 0. The van der Waals surface area contributed by atoms with Crippen LogP contribution < -0.4 is 0 Å². The van der Waals surface area contributed by atoms with E-state index in [1.165, 1.54) is 27.8 Å². The first-order valence-electron chi connectivity index (χ1n) is 12.4. The number of allylic oxidation sites excluding steroid dienone is 20. The topological polar surface area (TPSA) is 0 Å². The predicted molar refractivity (Wildman–Crippen MR) is 158 cm³/mol. The van der Waals surface area contributed by atoms with Gasteiger partial charge in [-0.2, -0.15) is 0 Å². The molecule has 0 spiro atoms. The molecule has 1 aromatic carbocycles. The highest BCUT2D eigenvalue weighted by Gasteiger charge is 2.36. The van der Waals surface area contributed by atoms with Crippen molar-refractivity contribution in [3.63, 3.8) is 0 Å². The van der Waals surface area contributed by atoms with E-state index in [0.29, 0.717) is 0 Å². The lowest BCUT2D eigenvalue weighted by molar-refractivity contribution is 0.628. The van der Waals surface area contributed by atoms with Gasteiger partial charge in [0.25, 0.3) is 0 Å². The van der Waals surface area contributed by atoms with Gasteiger partial charge in [0.1, 0.15) is 0 Å². The molecule has 2 rings (SSSR count). The second-order valence-electron chi connectivity index (χ2n) is 8.85. The van der Waals surface area contributed by atoms with Gasteiger partial charge in [-0.1, -0.05) is 136 Å². The Bertz CT molecular complexity index is 1200. The molecule has 0 unspecified atom stereocenters. The Labute approximate surface area is 213 Å². The molecule has 0 saturated heterocycles. The predicted octanol–water partition coefficient (Wildman–Crippen LogP) is 10.1. The van der Waals surface area contributed by atoms with Crippen LogP contribution in [0.3, 0.4) is 0 Å². The molecule has 1 aromatic rings. The lowest BCUT2D eigenvalue weighted by atomic mass is 9.65. The summed E-state index contributed by atoms with van der Waals surface area (Å²) in [6.45, 7) is 20.9. The Kier molecular flexibility index (Phi) is 10.5. The van der Waals surface area contributed by atoms with Crippen LogP contribution >= 0.6 is 0 Å². The fourth-order valence-corrected chi connectivity index (χ4v) is 4.66. The average molecular weight is 461 g/mol. The first-order chi connectivity index (χ1) is 16.9. The number of benzene rings is 1. The van der Waals surface area contributed by atoms with E-state index in [-0.39, 0.29) is 5.41 Å². The third-order valence-electron chi connectivity index (χ3n) is 6.12. The van der Waals surface area contributed by atoms with Crippen LogP contribution in [0.15, 0.2) is 150 Å². The van der Waals surface area contributed by atoms with Crippen LogP contribution in [0.4, 0.5) is 0 Å². The van der Waals surface area contributed by atoms with Gasteiger partial charge in [-0.15, -0.1) is 0 Å². The Morgan fingerprint density at radius 3 is 2.03 bits per heavy atom. The fraction of sp³-hybridized carbons (Fsp3) is 0.200. The molecule has 1 aliphatic rings. The normalized spacial score (nSPS) is 18.5. The molecule has 0 aromatic heterocycles. The molecule has 0 fully saturated rings. The van der Waals surface area contributed by atoms with Crippen LogP contribution in [0.25, 0.3) is 5.57 Å². The van der Waals surface area contributed by atoms with Crippen LogP contribution in [-0.4, -0.2) is 0 Å². The maximum absolute atomic E-state index is 4.02. The second kappa shape index (κ2) is 13.3. The van der Waals surface area contributed by atoms with E-state index in [1.807, 2.05) is 25.2 Å². The molecule has 35 heavy (non-hydrogen) atoms. The van der Waals surface area contributed by atoms with E-state index >= 15 is 0 Å². The molecule has 0 saturated carbocycles. The first-order valence-corrected chi connectivity index (χ1v) is 12.4. The largest absolute Gasteiger partial charge is 0.0991 e. The number of fused-ring (bicyclic) bond motifs is 1. The van der Waals surface area contributed by atoms with Gasteiger partial charge in [0.2, 0.25) is 0 Å². The van der Waals surface area contributed by atoms with Crippen molar-refractivity contribution < 1.29 is 0 Å². The van der Waals surface area contributed by atoms with Crippen LogP contribution in [0.2, 0.25) is 0 Å². The Hall–Kier alpha value is -3.64. The van der Waals surface area contributed by atoms with Gasteiger partial charge >= 0.3 is 0 Å². The van der Waals surface area contributed by atoms with Crippen molar-refractivity contribution in [1.29, 1.82) is 0 Å². The van der Waals surface area contributed by atoms with E-state index in [4.69, 9.17) is 0 Å². The quantitative estimate of drug-likeness (QED) is 0.322. The molecule has 180 valence electrons. The summed E-state index contributed by atoms with van der Waals surface area (Å²) in [4.78, 5) is 0. The maximum atomic E-state index is 4.02. The van der Waals surface area contributed by atoms with E-state index in [9.17, 15) is 0 Å². The molecule has 0 bridgehead atoms. The molecule has 0 nitrogen and oxygen atoms in total. The van der Waals surface area contributed by atoms with Crippen molar-refractivity contribution in [2.75, 3.05) is 0 Å². The molecule has 0 heterocycles. The number of rotatable bonds is 9. The molecule has 0 N–H and O–H groups in total. The Morgan fingerprint density at radius 1 is 0.743 bits per heavy atom.